The molecule has 0 spiro atoms. The maximum atomic E-state index is 16.1. The number of benzene rings is 3. The van der Waals surface area contributed by atoms with Gasteiger partial charge in [-0.15, -0.1) is 11.3 Å². The molecule has 0 saturated carbocycles. The van der Waals surface area contributed by atoms with Gasteiger partial charge in [0.1, 0.15) is 5.01 Å². The number of aryl methyl sites for hydroxylation is 1. The van der Waals surface area contributed by atoms with Crippen LogP contribution in [0.5, 0.6) is 0 Å². The average Bonchev–Trinajstić information content (AvgIpc) is 3.58. The number of thiazole rings is 1. The van der Waals surface area contributed by atoms with Gasteiger partial charge in [0, 0.05) is 22.3 Å². The Balaban J connectivity index is 1.47. The van der Waals surface area contributed by atoms with Crippen LogP contribution in [0.2, 0.25) is 0 Å². The number of rotatable bonds is 9. The van der Waals surface area contributed by atoms with Gasteiger partial charge in [-0.3, -0.25) is 9.51 Å². The van der Waals surface area contributed by atoms with Crippen molar-refractivity contribution in [3.8, 4) is 22.0 Å². The van der Waals surface area contributed by atoms with E-state index in [1.165, 1.54) is 19.1 Å². The van der Waals surface area contributed by atoms with E-state index in [0.29, 0.717) is 11.1 Å². The van der Waals surface area contributed by atoms with Crippen LogP contribution in [-0.2, 0) is 23.4 Å². The first-order valence-electron chi connectivity index (χ1n) is 12.5. The molecule has 0 aliphatic rings. The van der Waals surface area contributed by atoms with Crippen LogP contribution in [0.1, 0.15) is 45.4 Å². The molecule has 5 rings (SSSR count). The van der Waals surface area contributed by atoms with Crippen molar-refractivity contribution in [2.75, 3.05) is 0 Å². The first-order valence-corrected chi connectivity index (χ1v) is 13.3. The number of nitrogens with one attached hydrogen (secondary N) is 1. The van der Waals surface area contributed by atoms with E-state index in [2.05, 4.69) is 19.6 Å². The van der Waals surface area contributed by atoms with Gasteiger partial charge in [0.05, 0.1) is 22.7 Å². The van der Waals surface area contributed by atoms with E-state index in [1.807, 2.05) is 0 Å². The van der Waals surface area contributed by atoms with Gasteiger partial charge in [-0.05, 0) is 24.6 Å². The highest BCUT2D eigenvalue weighted by Crippen LogP contribution is 2.47. The number of aromatic amines is 1. The lowest BCUT2D eigenvalue weighted by Gasteiger charge is -2.27. The van der Waals surface area contributed by atoms with E-state index in [4.69, 9.17) is 4.74 Å². The maximum Gasteiger partial charge on any atom is 0.439 e. The summed E-state index contributed by atoms with van der Waals surface area (Å²) < 4.78 is 108. The fraction of sp³-hybridized carbons (Fsp3) is 0.207. The third-order valence-electron chi connectivity index (χ3n) is 6.49. The molecule has 43 heavy (non-hydrogen) atoms. The minimum Gasteiger partial charge on any atom is -0.361 e. The minimum atomic E-state index is -4.55. The maximum absolute atomic E-state index is 16.1. The number of aromatic nitrogens is 3. The molecule has 1 unspecified atom stereocenters. The Kier molecular flexibility index (Phi) is 8.25. The predicted molar refractivity (Wildman–Crippen MR) is 143 cm³/mol. The van der Waals surface area contributed by atoms with E-state index >= 15 is 8.78 Å². The predicted octanol–water partition coefficient (Wildman–Crippen LogP) is 8.47. The second-order valence-corrected chi connectivity index (χ2v) is 10.5. The van der Waals surface area contributed by atoms with Gasteiger partial charge in [-0.25, -0.2) is 18.6 Å². The summed E-state index contributed by atoms with van der Waals surface area (Å²) in [4.78, 5) is 17.9. The molecule has 0 radical (unpaired) electrons. The van der Waals surface area contributed by atoms with Crippen LogP contribution in [0.4, 0.5) is 30.7 Å². The Labute approximate surface area is 242 Å². The third-order valence-corrected chi connectivity index (χ3v) is 7.74. The van der Waals surface area contributed by atoms with Crippen LogP contribution in [0.3, 0.4) is 0 Å². The first-order chi connectivity index (χ1) is 20.3. The number of nitrogens with zero attached hydrogens (tertiary/aromatic N) is 2. The van der Waals surface area contributed by atoms with Crippen LogP contribution in [-0.4, -0.2) is 15.1 Å². The van der Waals surface area contributed by atoms with Gasteiger partial charge in [0.25, 0.3) is 6.43 Å². The zero-order valence-corrected chi connectivity index (χ0v) is 22.8. The van der Waals surface area contributed by atoms with Crippen molar-refractivity contribution in [3.05, 3.63) is 116 Å². The summed E-state index contributed by atoms with van der Waals surface area (Å²) in [6, 6.07) is 14.1. The summed E-state index contributed by atoms with van der Waals surface area (Å²) in [5, 5.41) is 3.78. The molecule has 5 aromatic rings. The normalized spacial score (nSPS) is 13.0. The van der Waals surface area contributed by atoms with E-state index < -0.39 is 47.1 Å². The number of halogens is 7. The van der Waals surface area contributed by atoms with Crippen LogP contribution in [0, 0.1) is 6.92 Å². The number of hydrogen-bond acceptors (Lipinski definition) is 6. The average molecular weight is 624 g/mol. The van der Waals surface area contributed by atoms with Crippen LogP contribution < -0.4 is 5.76 Å². The molecule has 0 amide bonds. The molecule has 0 aliphatic carbocycles. The van der Waals surface area contributed by atoms with Gasteiger partial charge >= 0.3 is 17.9 Å². The highest BCUT2D eigenvalue weighted by molar-refractivity contribution is 7.15. The monoisotopic (exact) mass is 623 g/mol. The molecule has 2 aromatic heterocycles. The molecule has 1 N–H and O–H groups in total. The van der Waals surface area contributed by atoms with Gasteiger partial charge in [-0.1, -0.05) is 65.8 Å². The Hall–Kier alpha value is -4.30. The van der Waals surface area contributed by atoms with E-state index in [9.17, 15) is 26.7 Å². The van der Waals surface area contributed by atoms with Crippen molar-refractivity contribution < 1.29 is 40.0 Å². The molecule has 2 heterocycles. The third kappa shape index (κ3) is 6.54. The quantitative estimate of drug-likeness (QED) is 0.167. The van der Waals surface area contributed by atoms with Gasteiger partial charge < -0.3 is 4.74 Å². The highest BCUT2D eigenvalue weighted by atomic mass is 32.1. The molecule has 224 valence electrons. The summed E-state index contributed by atoms with van der Waals surface area (Å²) >= 11 is 0.831. The Morgan fingerprint density at radius 1 is 0.884 bits per heavy atom. The topological polar surface area (TPSA) is 81.0 Å². The van der Waals surface area contributed by atoms with Crippen molar-refractivity contribution >= 4 is 11.3 Å². The van der Waals surface area contributed by atoms with Crippen LogP contribution in [0.15, 0.2) is 82.1 Å². The lowest BCUT2D eigenvalue weighted by Crippen LogP contribution is -2.26. The van der Waals surface area contributed by atoms with Gasteiger partial charge in [-0.2, -0.15) is 22.0 Å². The fourth-order valence-corrected chi connectivity index (χ4v) is 5.38. The zero-order valence-electron chi connectivity index (χ0n) is 22.0. The molecule has 3 aromatic carbocycles. The second-order valence-electron chi connectivity index (χ2n) is 9.42. The van der Waals surface area contributed by atoms with Crippen molar-refractivity contribution in [3.63, 3.8) is 0 Å². The standard InChI is InChI=1S/C29H20F7N3O3S/c1-15-22(43-26(37-15)19-8-12-21(13-9-19)29(34,35)36)23(28(32,33)20-10-6-17(7-11-20)24(30)31)41-14-16-2-4-18(5-3-16)25-38-27(40)42-39-25/h2-13,23-24H,14H2,1H3,(H,38,39,40). The van der Waals surface area contributed by atoms with Crippen LogP contribution in [0.25, 0.3) is 22.0 Å². The van der Waals surface area contributed by atoms with Crippen molar-refractivity contribution in [1.29, 1.82) is 0 Å². The van der Waals surface area contributed by atoms with E-state index in [1.54, 1.807) is 24.3 Å². The minimum absolute atomic E-state index is 0.00891. The van der Waals surface area contributed by atoms with Gasteiger partial charge in [0.2, 0.25) is 0 Å². The highest BCUT2D eigenvalue weighted by Gasteiger charge is 2.45. The molecule has 14 heteroatoms. The molecule has 0 bridgehead atoms. The molecular weight excluding hydrogens is 603 g/mol. The fourth-order valence-electron chi connectivity index (χ4n) is 4.22. The SMILES string of the molecule is Cc1nc(-c2ccc(C(F)(F)F)cc2)sc1C(OCc1ccc(-c2noc(=O)[nH]2)cc1)C(F)(F)c1ccc(C(F)F)cc1. The molecule has 0 aliphatic heterocycles. The summed E-state index contributed by atoms with van der Waals surface area (Å²) in [5.41, 5.74) is -0.439. The number of hydrogen-bond donors (Lipinski definition) is 1. The second kappa shape index (κ2) is 11.8. The van der Waals surface area contributed by atoms with Gasteiger partial charge in [0.15, 0.2) is 11.9 Å². The largest absolute Gasteiger partial charge is 0.439 e. The summed E-state index contributed by atoms with van der Waals surface area (Å²) in [5.74, 6) is -4.30. The zero-order chi connectivity index (χ0) is 30.9. The summed E-state index contributed by atoms with van der Waals surface area (Å²) in [6.07, 6.45) is -9.33. The van der Waals surface area contributed by atoms with Crippen molar-refractivity contribution in [1.82, 2.24) is 15.1 Å². The Morgan fingerprint density at radius 2 is 1.49 bits per heavy atom. The number of H-pyrrole nitrogens is 1. The Bertz CT molecular complexity index is 1740. The number of alkyl halides is 7. The van der Waals surface area contributed by atoms with E-state index in [0.717, 1.165) is 47.7 Å². The van der Waals surface area contributed by atoms with Crippen molar-refractivity contribution in [2.24, 2.45) is 0 Å². The summed E-state index contributed by atoms with van der Waals surface area (Å²) in [6.45, 7) is 1.16. The lowest BCUT2D eigenvalue weighted by atomic mass is 9.99. The molecular formula is C29H20F7N3O3S. The molecule has 6 nitrogen and oxygen atoms in total. The Morgan fingerprint density at radius 3 is 2.05 bits per heavy atom. The van der Waals surface area contributed by atoms with Crippen molar-refractivity contribution in [2.45, 2.75) is 38.2 Å². The molecule has 1 atom stereocenters. The smallest absolute Gasteiger partial charge is 0.361 e. The molecule has 0 saturated heterocycles. The van der Waals surface area contributed by atoms with Crippen LogP contribution >= 0.6 is 11.3 Å². The number of ether oxygens (including phenoxy) is 1. The molecule has 0 fully saturated rings. The summed E-state index contributed by atoms with van der Waals surface area (Å²) in [7, 11) is 0. The first kappa shape index (κ1) is 30.2. The van der Waals surface area contributed by atoms with E-state index in [-0.39, 0.29) is 33.6 Å². The lowest BCUT2D eigenvalue weighted by molar-refractivity contribution is -0.151.